The predicted octanol–water partition coefficient (Wildman–Crippen LogP) is -6.95. The highest BCUT2D eigenvalue weighted by molar-refractivity contribution is 6.48. The van der Waals surface area contributed by atoms with Gasteiger partial charge in [0, 0.05) is 0 Å². The Balaban J connectivity index is 2.84. The average Bonchev–Trinajstić information content (AvgIpc) is 2.09. The summed E-state index contributed by atoms with van der Waals surface area (Å²) in [4.78, 5) is 16.8. The molecule has 0 aliphatic heterocycles. The molecular weight excluding hydrogens is 281 g/mol. The van der Waals surface area contributed by atoms with Crippen LogP contribution in [0.4, 0.5) is 0 Å². The molecule has 0 aromatic carbocycles. The van der Waals surface area contributed by atoms with Crippen molar-refractivity contribution in [2.24, 2.45) is 0 Å². The maximum absolute atomic E-state index is 8.40. The maximum Gasteiger partial charge on any atom is 0.469 e. The van der Waals surface area contributed by atoms with E-state index >= 15 is 0 Å². The summed E-state index contributed by atoms with van der Waals surface area (Å²) < 4.78 is 24.7. The smallest absolute Gasteiger partial charge is 0.449 e. The fourth-order valence-corrected chi connectivity index (χ4v) is 8.20. The van der Waals surface area contributed by atoms with Crippen LogP contribution in [0.5, 0.6) is 0 Å². The SMILES string of the molecule is O[SiH](O)O[SiH2]O[SiH2]O[SiH2]O[SiH2]O[SiH3]. The summed E-state index contributed by atoms with van der Waals surface area (Å²) in [6.45, 7) is 0. The minimum Gasteiger partial charge on any atom is -0.449 e. The lowest BCUT2D eigenvalue weighted by molar-refractivity contribution is 0.274. The van der Waals surface area contributed by atoms with Gasteiger partial charge < -0.3 is 30.2 Å². The predicted molar refractivity (Wildman–Crippen MR) is 61.1 cm³/mol. The van der Waals surface area contributed by atoms with Crippen molar-refractivity contribution in [3.05, 3.63) is 0 Å². The Morgan fingerprint density at radius 2 is 1.46 bits per heavy atom. The van der Waals surface area contributed by atoms with Crippen molar-refractivity contribution in [1.82, 2.24) is 0 Å². The summed E-state index contributed by atoms with van der Waals surface area (Å²) in [6.07, 6.45) is 0. The molecule has 0 aromatic rings. The quantitative estimate of drug-likeness (QED) is 0.323. The third-order valence-electron chi connectivity index (χ3n) is 0.835. The van der Waals surface area contributed by atoms with Crippen molar-refractivity contribution >= 4 is 60.0 Å². The average molecular weight is 295 g/mol. The molecule has 0 rings (SSSR count). The van der Waals surface area contributed by atoms with Gasteiger partial charge in [-0.2, -0.15) is 0 Å². The first kappa shape index (κ1) is 14.0. The van der Waals surface area contributed by atoms with Crippen LogP contribution in [-0.4, -0.2) is 69.6 Å². The van der Waals surface area contributed by atoms with Crippen LogP contribution in [0.2, 0.25) is 0 Å². The first-order chi connectivity index (χ1) is 6.27. The second kappa shape index (κ2) is 11.1. The Morgan fingerprint density at radius 1 is 0.923 bits per heavy atom. The number of rotatable bonds is 9. The normalized spacial score (nSPS) is 15.0. The molecule has 0 unspecified atom stereocenters. The van der Waals surface area contributed by atoms with Gasteiger partial charge >= 0.3 is 9.53 Å². The highest BCUT2D eigenvalue weighted by atomic mass is 28.4. The van der Waals surface area contributed by atoms with Crippen molar-refractivity contribution in [3.63, 3.8) is 0 Å². The van der Waals surface area contributed by atoms with E-state index < -0.39 is 49.6 Å². The van der Waals surface area contributed by atoms with Crippen LogP contribution in [-0.2, 0) is 20.6 Å². The van der Waals surface area contributed by atoms with Crippen LogP contribution in [0.3, 0.4) is 0 Å². The Kier molecular flexibility index (Phi) is 12.0. The molecule has 7 nitrogen and oxygen atoms in total. The van der Waals surface area contributed by atoms with Crippen molar-refractivity contribution in [2.75, 3.05) is 0 Å². The lowest BCUT2D eigenvalue weighted by Gasteiger charge is -2.06. The van der Waals surface area contributed by atoms with Crippen LogP contribution in [0.15, 0.2) is 0 Å². The molecule has 13 heteroatoms. The molecule has 0 amide bonds. The van der Waals surface area contributed by atoms with Gasteiger partial charge in [-0.15, -0.1) is 0 Å². The third kappa shape index (κ3) is 13.0. The summed E-state index contributed by atoms with van der Waals surface area (Å²) in [5, 5.41) is 0. The molecule has 0 bridgehead atoms. The summed E-state index contributed by atoms with van der Waals surface area (Å²) in [7, 11) is -6.03. The summed E-state index contributed by atoms with van der Waals surface area (Å²) in [6, 6.07) is 0. The summed E-state index contributed by atoms with van der Waals surface area (Å²) >= 11 is 0. The van der Waals surface area contributed by atoms with Crippen LogP contribution in [0.1, 0.15) is 0 Å². The van der Waals surface area contributed by atoms with Gasteiger partial charge in [0.2, 0.25) is 0 Å². The maximum atomic E-state index is 8.40. The first-order valence-corrected chi connectivity index (χ1v) is 10.4. The topological polar surface area (TPSA) is 86.6 Å². The van der Waals surface area contributed by atoms with E-state index in [0.717, 1.165) is 10.5 Å². The lowest BCUT2D eigenvalue weighted by atomic mass is 15.7. The minimum absolute atomic E-state index is 0.726. The monoisotopic (exact) mass is 294 g/mol. The van der Waals surface area contributed by atoms with Gasteiger partial charge in [0.1, 0.15) is 10.5 Å². The molecule has 0 atom stereocenters. The molecule has 0 fully saturated rings. The van der Waals surface area contributed by atoms with Crippen molar-refractivity contribution in [2.45, 2.75) is 0 Å². The van der Waals surface area contributed by atoms with E-state index in [1.807, 2.05) is 0 Å². The Labute approximate surface area is 90.5 Å². The first-order valence-electron chi connectivity index (χ1n) is 3.47. The molecule has 0 heterocycles. The van der Waals surface area contributed by atoms with E-state index in [1.165, 1.54) is 0 Å². The van der Waals surface area contributed by atoms with E-state index in [2.05, 4.69) is 4.12 Å². The van der Waals surface area contributed by atoms with Gasteiger partial charge in [-0.05, 0) is 0 Å². The lowest BCUT2D eigenvalue weighted by Crippen LogP contribution is -2.23. The fraction of sp³-hybridized carbons (Fsp3) is 0. The Hall–Kier alpha value is 1.02. The molecule has 2 N–H and O–H groups in total. The molecule has 0 aromatic heterocycles. The zero-order valence-electron chi connectivity index (χ0n) is 7.34. The molecular formula is H14O7Si6. The zero-order valence-corrected chi connectivity index (χ0v) is 16.2. The second-order valence-electron chi connectivity index (χ2n) is 1.87. The molecule has 0 spiro atoms. The molecule has 0 saturated carbocycles. The van der Waals surface area contributed by atoms with Crippen LogP contribution in [0.25, 0.3) is 0 Å². The third-order valence-corrected chi connectivity index (χ3v) is 7.51. The largest absolute Gasteiger partial charge is 0.469 e. The molecule has 0 saturated heterocycles. The second-order valence-corrected chi connectivity index (χ2v) is 12.0. The van der Waals surface area contributed by atoms with Crippen molar-refractivity contribution < 1.29 is 30.2 Å². The highest BCUT2D eigenvalue weighted by Crippen LogP contribution is 1.76. The van der Waals surface area contributed by atoms with Crippen LogP contribution >= 0.6 is 0 Å². The van der Waals surface area contributed by atoms with E-state index in [9.17, 15) is 0 Å². The van der Waals surface area contributed by atoms with Gasteiger partial charge in [-0.3, -0.25) is 0 Å². The molecule has 0 aliphatic carbocycles. The highest BCUT2D eigenvalue weighted by Gasteiger charge is 2.01. The van der Waals surface area contributed by atoms with Gasteiger partial charge in [0.15, 0.2) is 0 Å². The summed E-state index contributed by atoms with van der Waals surface area (Å²) in [5.74, 6) is 0. The van der Waals surface area contributed by atoms with Crippen LogP contribution < -0.4 is 0 Å². The summed E-state index contributed by atoms with van der Waals surface area (Å²) in [5.41, 5.74) is 0. The molecule has 80 valence electrons. The van der Waals surface area contributed by atoms with E-state index in [0.29, 0.717) is 0 Å². The number of hydrogen-bond acceptors (Lipinski definition) is 7. The standard InChI is InChI=1S/H14O7Si6/c1-13(2)7-12-6-11-5-10-4-9-3-8/h1-2,13H,9-12H2,8H3. The molecule has 0 aliphatic rings. The van der Waals surface area contributed by atoms with Gasteiger partial charge in [0.05, 0.1) is 0 Å². The zero-order chi connectivity index (χ0) is 9.94. The minimum atomic E-state index is -2.87. The molecule has 0 radical (unpaired) electrons. The van der Waals surface area contributed by atoms with Crippen molar-refractivity contribution in [1.29, 1.82) is 0 Å². The Morgan fingerprint density at radius 3 is 2.00 bits per heavy atom. The number of hydrogen-bond donors (Lipinski definition) is 2. The van der Waals surface area contributed by atoms with E-state index in [-0.39, 0.29) is 0 Å². The van der Waals surface area contributed by atoms with Crippen molar-refractivity contribution in [3.8, 4) is 0 Å². The Bertz CT molecular complexity index is 97.0. The van der Waals surface area contributed by atoms with Gasteiger partial charge in [0.25, 0.3) is 40.0 Å². The molecule has 13 heavy (non-hydrogen) atoms. The van der Waals surface area contributed by atoms with Gasteiger partial charge in [-0.25, -0.2) is 0 Å². The fourth-order valence-electron chi connectivity index (χ4n) is 0.412. The van der Waals surface area contributed by atoms with Crippen LogP contribution in [0, 0.1) is 0 Å². The van der Waals surface area contributed by atoms with Gasteiger partial charge in [-0.1, -0.05) is 0 Å². The van der Waals surface area contributed by atoms with E-state index in [4.69, 9.17) is 26.1 Å². The van der Waals surface area contributed by atoms with E-state index in [1.54, 1.807) is 0 Å².